The van der Waals surface area contributed by atoms with E-state index in [1.54, 1.807) is 6.92 Å². The normalized spacial score (nSPS) is 16.5. The minimum atomic E-state index is -1.02. The molecule has 31 heavy (non-hydrogen) atoms. The van der Waals surface area contributed by atoms with Crippen molar-refractivity contribution in [2.75, 3.05) is 6.61 Å². The molecule has 3 N–H and O–H groups in total. The Kier molecular flexibility index (Phi) is 5.93. The predicted octanol–water partition coefficient (Wildman–Crippen LogP) is 3.28. The fraction of sp³-hybridized carbons (Fsp3) is 0.375. The van der Waals surface area contributed by atoms with E-state index in [2.05, 4.69) is 22.8 Å². The van der Waals surface area contributed by atoms with Crippen LogP contribution in [0.15, 0.2) is 48.5 Å². The Morgan fingerprint density at radius 3 is 2.13 bits per heavy atom. The van der Waals surface area contributed by atoms with Crippen molar-refractivity contribution in [2.45, 2.75) is 44.2 Å². The summed E-state index contributed by atoms with van der Waals surface area (Å²) in [6.07, 6.45) is 1.01. The number of benzene rings is 2. The van der Waals surface area contributed by atoms with Crippen molar-refractivity contribution in [1.29, 1.82) is 0 Å². The van der Waals surface area contributed by atoms with E-state index in [1.165, 1.54) is 0 Å². The molecule has 2 unspecified atom stereocenters. The summed E-state index contributed by atoms with van der Waals surface area (Å²) in [6.45, 7) is 1.88. The number of nitrogens with one attached hydrogen (secondary N) is 2. The van der Waals surface area contributed by atoms with Gasteiger partial charge in [0.15, 0.2) is 0 Å². The van der Waals surface area contributed by atoms with Gasteiger partial charge >= 0.3 is 12.1 Å². The minimum Gasteiger partial charge on any atom is -0.480 e. The first-order valence-corrected chi connectivity index (χ1v) is 10.6. The van der Waals surface area contributed by atoms with Crippen molar-refractivity contribution in [3.05, 3.63) is 59.7 Å². The van der Waals surface area contributed by atoms with Crippen LogP contribution in [0.25, 0.3) is 11.1 Å². The fourth-order valence-electron chi connectivity index (χ4n) is 4.21. The number of ether oxygens (including phenoxy) is 1. The molecule has 1 saturated carbocycles. The number of amides is 2. The van der Waals surface area contributed by atoms with Crippen LogP contribution in [0, 0.1) is 5.92 Å². The third-order valence-corrected chi connectivity index (χ3v) is 5.88. The van der Waals surface area contributed by atoms with Crippen LogP contribution in [0.2, 0.25) is 0 Å². The molecule has 0 bridgehead atoms. The number of hydrogen-bond donors (Lipinski definition) is 3. The lowest BCUT2D eigenvalue weighted by molar-refractivity contribution is -0.142. The molecule has 2 aliphatic carbocycles. The second kappa shape index (κ2) is 8.79. The Bertz CT molecular complexity index is 955. The van der Waals surface area contributed by atoms with Gasteiger partial charge in [0, 0.05) is 18.4 Å². The van der Waals surface area contributed by atoms with E-state index in [-0.39, 0.29) is 24.9 Å². The molecule has 0 heterocycles. The van der Waals surface area contributed by atoms with Crippen LogP contribution in [-0.4, -0.2) is 41.8 Å². The molecule has 2 aliphatic rings. The molecule has 2 aromatic carbocycles. The molecule has 0 aliphatic heterocycles. The van der Waals surface area contributed by atoms with Crippen molar-refractivity contribution >= 4 is 18.0 Å². The molecule has 0 aromatic heterocycles. The van der Waals surface area contributed by atoms with Crippen LogP contribution in [-0.2, 0) is 14.3 Å². The van der Waals surface area contributed by atoms with Gasteiger partial charge < -0.3 is 20.5 Å². The fourth-order valence-corrected chi connectivity index (χ4v) is 4.21. The maximum atomic E-state index is 12.3. The van der Waals surface area contributed by atoms with E-state index in [9.17, 15) is 19.5 Å². The number of alkyl carbamates (subject to hydrolysis) is 1. The lowest BCUT2D eigenvalue weighted by Gasteiger charge is -2.18. The molecule has 0 spiro atoms. The van der Waals surface area contributed by atoms with Gasteiger partial charge in [0.2, 0.25) is 5.91 Å². The van der Waals surface area contributed by atoms with Gasteiger partial charge in [-0.3, -0.25) is 4.79 Å². The number of aliphatic carboxylic acids is 1. The summed E-state index contributed by atoms with van der Waals surface area (Å²) in [5.41, 5.74) is 4.56. The van der Waals surface area contributed by atoms with Crippen LogP contribution in [0.3, 0.4) is 0 Å². The molecule has 0 radical (unpaired) electrons. The zero-order valence-corrected chi connectivity index (χ0v) is 17.3. The molecular formula is C24H26N2O5. The molecule has 162 valence electrons. The molecule has 7 heteroatoms. The smallest absolute Gasteiger partial charge is 0.407 e. The van der Waals surface area contributed by atoms with Gasteiger partial charge in [-0.2, -0.15) is 0 Å². The van der Waals surface area contributed by atoms with Gasteiger partial charge in [-0.15, -0.1) is 0 Å². The highest BCUT2D eigenvalue weighted by molar-refractivity contribution is 5.84. The van der Waals surface area contributed by atoms with Crippen LogP contribution in [0.1, 0.15) is 43.2 Å². The summed E-state index contributed by atoms with van der Waals surface area (Å²) >= 11 is 0. The highest BCUT2D eigenvalue weighted by atomic mass is 16.5. The van der Waals surface area contributed by atoms with Crippen LogP contribution in [0.5, 0.6) is 0 Å². The Morgan fingerprint density at radius 2 is 1.58 bits per heavy atom. The third-order valence-electron chi connectivity index (χ3n) is 5.88. The van der Waals surface area contributed by atoms with E-state index in [1.807, 2.05) is 36.4 Å². The van der Waals surface area contributed by atoms with Crippen molar-refractivity contribution in [3.8, 4) is 11.1 Å². The van der Waals surface area contributed by atoms with Crippen LogP contribution in [0.4, 0.5) is 4.79 Å². The van der Waals surface area contributed by atoms with E-state index < -0.39 is 30.1 Å². The zero-order valence-electron chi connectivity index (χ0n) is 17.3. The van der Waals surface area contributed by atoms with E-state index in [4.69, 9.17) is 4.74 Å². The van der Waals surface area contributed by atoms with Gasteiger partial charge in [-0.1, -0.05) is 48.5 Å². The monoisotopic (exact) mass is 422 g/mol. The average molecular weight is 422 g/mol. The van der Waals surface area contributed by atoms with E-state index >= 15 is 0 Å². The largest absolute Gasteiger partial charge is 0.480 e. The van der Waals surface area contributed by atoms with Crippen molar-refractivity contribution in [2.24, 2.45) is 5.92 Å². The van der Waals surface area contributed by atoms with Gasteiger partial charge in [0.1, 0.15) is 12.6 Å². The standard InChI is InChI=1S/C24H26N2O5/c1-14(12-21(27)26-22(23(28)29)15-10-11-15)25-24(30)31-13-20-18-8-4-2-6-16(18)17-7-3-5-9-19(17)20/h2-9,14-15,20,22H,10-13H2,1H3,(H,25,30)(H,26,27)(H,28,29). The number of carboxylic acids is 1. The molecule has 1 fully saturated rings. The molecule has 2 amide bonds. The van der Waals surface area contributed by atoms with Gasteiger partial charge in [0.05, 0.1) is 0 Å². The Hall–Kier alpha value is -3.35. The quantitative estimate of drug-likeness (QED) is 0.606. The summed E-state index contributed by atoms with van der Waals surface area (Å²) < 4.78 is 5.48. The number of fused-ring (bicyclic) bond motifs is 3. The van der Waals surface area contributed by atoms with Crippen LogP contribution < -0.4 is 10.6 Å². The lowest BCUT2D eigenvalue weighted by atomic mass is 9.98. The van der Waals surface area contributed by atoms with E-state index in [0.717, 1.165) is 35.1 Å². The minimum absolute atomic E-state index is 0.00634. The highest BCUT2D eigenvalue weighted by Gasteiger charge is 2.37. The highest BCUT2D eigenvalue weighted by Crippen LogP contribution is 2.44. The maximum absolute atomic E-state index is 12.3. The Balaban J connectivity index is 1.29. The summed E-state index contributed by atoms with van der Waals surface area (Å²) in [4.78, 5) is 35.7. The Morgan fingerprint density at radius 1 is 1.00 bits per heavy atom. The first-order chi connectivity index (χ1) is 14.9. The maximum Gasteiger partial charge on any atom is 0.407 e. The first kappa shape index (κ1) is 20.9. The summed E-state index contributed by atoms with van der Waals surface area (Å²) in [5, 5.41) is 14.4. The third kappa shape index (κ3) is 4.71. The number of carboxylic acid groups (broad SMARTS) is 1. The molecule has 7 nitrogen and oxygen atoms in total. The SMILES string of the molecule is CC(CC(=O)NC(C(=O)O)C1CC1)NC(=O)OCC1c2ccccc2-c2ccccc21. The lowest BCUT2D eigenvalue weighted by Crippen LogP contribution is -2.45. The summed E-state index contributed by atoms with van der Waals surface area (Å²) in [7, 11) is 0. The molecule has 2 aromatic rings. The summed E-state index contributed by atoms with van der Waals surface area (Å²) in [5.74, 6) is -1.45. The molecule has 4 rings (SSSR count). The van der Waals surface area contributed by atoms with Crippen molar-refractivity contribution < 1.29 is 24.2 Å². The number of carbonyl (C=O) groups excluding carboxylic acids is 2. The second-order valence-corrected chi connectivity index (χ2v) is 8.30. The summed E-state index contributed by atoms with van der Waals surface area (Å²) in [6, 6.07) is 14.8. The average Bonchev–Trinajstić information content (AvgIpc) is 3.53. The van der Waals surface area contributed by atoms with Gasteiger partial charge in [-0.25, -0.2) is 9.59 Å². The van der Waals surface area contributed by atoms with Crippen molar-refractivity contribution in [1.82, 2.24) is 10.6 Å². The van der Waals surface area contributed by atoms with Gasteiger partial charge in [-0.05, 0) is 47.9 Å². The Labute approximate surface area is 180 Å². The molecule has 2 atom stereocenters. The first-order valence-electron chi connectivity index (χ1n) is 10.6. The molecular weight excluding hydrogens is 396 g/mol. The zero-order chi connectivity index (χ0) is 22.0. The number of hydrogen-bond acceptors (Lipinski definition) is 4. The number of rotatable bonds is 8. The second-order valence-electron chi connectivity index (χ2n) is 8.30. The molecule has 0 saturated heterocycles. The van der Waals surface area contributed by atoms with Crippen molar-refractivity contribution in [3.63, 3.8) is 0 Å². The predicted molar refractivity (Wildman–Crippen MR) is 115 cm³/mol. The van der Waals surface area contributed by atoms with E-state index in [0.29, 0.717) is 0 Å². The topological polar surface area (TPSA) is 105 Å². The number of carbonyl (C=O) groups is 3. The van der Waals surface area contributed by atoms with Gasteiger partial charge in [0.25, 0.3) is 0 Å². The van der Waals surface area contributed by atoms with Crippen LogP contribution >= 0.6 is 0 Å².